The van der Waals surface area contributed by atoms with E-state index in [1.54, 1.807) is 39.8 Å². The second-order valence-electron chi connectivity index (χ2n) is 7.91. The lowest BCUT2D eigenvalue weighted by Crippen LogP contribution is -2.60. The van der Waals surface area contributed by atoms with Crippen molar-refractivity contribution in [1.29, 1.82) is 0 Å². The van der Waals surface area contributed by atoms with E-state index >= 15 is 0 Å². The molecule has 2 fully saturated rings. The van der Waals surface area contributed by atoms with Crippen molar-refractivity contribution in [2.75, 3.05) is 26.2 Å². The number of hydrogen-bond donors (Lipinski definition) is 1. The number of pyridine rings is 2. The van der Waals surface area contributed by atoms with Gasteiger partial charge in [0.15, 0.2) is 0 Å². The highest BCUT2D eigenvalue weighted by molar-refractivity contribution is 7.89. The van der Waals surface area contributed by atoms with Crippen LogP contribution in [0.25, 0.3) is 11.0 Å². The van der Waals surface area contributed by atoms with Crippen LogP contribution in [-0.2, 0) is 10.0 Å². The lowest BCUT2D eigenvalue weighted by molar-refractivity contribution is 0.0648. The number of carbonyl (C=O) groups excluding carboxylic acids is 1. The van der Waals surface area contributed by atoms with Crippen molar-refractivity contribution in [3.63, 3.8) is 0 Å². The van der Waals surface area contributed by atoms with Crippen molar-refractivity contribution in [3.05, 3.63) is 60.2 Å². The first-order chi connectivity index (χ1) is 14.5. The Bertz CT molecular complexity index is 1160. The van der Waals surface area contributed by atoms with Gasteiger partial charge in [-0.3, -0.25) is 9.78 Å². The summed E-state index contributed by atoms with van der Waals surface area (Å²) in [6, 6.07) is 9.13. The number of piperidine rings is 1. The third-order valence-corrected chi connectivity index (χ3v) is 8.40. The summed E-state index contributed by atoms with van der Waals surface area (Å²) in [7, 11) is -3.41. The third kappa shape index (κ3) is 3.27. The van der Waals surface area contributed by atoms with Gasteiger partial charge in [-0.15, -0.1) is 0 Å². The van der Waals surface area contributed by atoms with Crippen molar-refractivity contribution in [2.45, 2.75) is 24.0 Å². The Labute approximate surface area is 175 Å². The normalized spacial score (nSPS) is 19.1. The molecule has 5 heterocycles. The summed E-state index contributed by atoms with van der Waals surface area (Å²) in [5.74, 6) is 0.103. The number of aromatic nitrogens is 3. The summed E-state index contributed by atoms with van der Waals surface area (Å²) in [4.78, 5) is 25.6. The van der Waals surface area contributed by atoms with Crippen molar-refractivity contribution in [2.24, 2.45) is 0 Å². The fourth-order valence-corrected chi connectivity index (χ4v) is 6.27. The van der Waals surface area contributed by atoms with Crippen LogP contribution in [0, 0.1) is 0 Å². The highest BCUT2D eigenvalue weighted by atomic mass is 32.2. The molecule has 3 aromatic rings. The van der Waals surface area contributed by atoms with Gasteiger partial charge in [-0.25, -0.2) is 17.7 Å². The fraction of sp³-hybridized carbons (Fsp3) is 0.381. The largest absolute Gasteiger partial charge is 0.346 e. The van der Waals surface area contributed by atoms with Crippen molar-refractivity contribution < 1.29 is 13.2 Å². The maximum atomic E-state index is 13.0. The number of rotatable bonds is 4. The highest BCUT2D eigenvalue weighted by Gasteiger charge is 2.44. The Morgan fingerprint density at radius 1 is 1.03 bits per heavy atom. The van der Waals surface area contributed by atoms with Gasteiger partial charge >= 0.3 is 0 Å². The van der Waals surface area contributed by atoms with Gasteiger partial charge in [0.05, 0.1) is 0 Å². The Hall–Kier alpha value is -2.78. The number of nitrogens with zero attached hydrogens (tertiary/aromatic N) is 4. The molecule has 2 aliphatic rings. The van der Waals surface area contributed by atoms with Crippen LogP contribution in [0.15, 0.2) is 48.9 Å². The van der Waals surface area contributed by atoms with E-state index in [0.29, 0.717) is 24.7 Å². The Morgan fingerprint density at radius 3 is 2.53 bits per heavy atom. The smallest absolute Gasteiger partial charge is 0.272 e. The van der Waals surface area contributed by atoms with Crippen LogP contribution in [0.5, 0.6) is 0 Å². The summed E-state index contributed by atoms with van der Waals surface area (Å²) in [5.41, 5.74) is 2.43. The summed E-state index contributed by atoms with van der Waals surface area (Å²) < 4.78 is 27.7. The van der Waals surface area contributed by atoms with Gasteiger partial charge in [0.2, 0.25) is 10.0 Å². The number of likely N-dealkylation sites (tertiary alicyclic amines) is 1. The molecule has 0 saturated carbocycles. The molecule has 0 bridgehead atoms. The predicted molar refractivity (Wildman–Crippen MR) is 112 cm³/mol. The van der Waals surface area contributed by atoms with Gasteiger partial charge in [0.25, 0.3) is 5.91 Å². The molecule has 5 rings (SSSR count). The molecule has 3 aromatic heterocycles. The number of fused-ring (bicyclic) bond motifs is 1. The Morgan fingerprint density at radius 2 is 1.80 bits per heavy atom. The number of carbonyl (C=O) groups is 1. The molecular weight excluding hydrogens is 402 g/mol. The van der Waals surface area contributed by atoms with Crippen LogP contribution in [0.1, 0.15) is 34.8 Å². The number of nitrogens with one attached hydrogen (secondary N) is 1. The Kier molecular flexibility index (Phi) is 4.79. The summed E-state index contributed by atoms with van der Waals surface area (Å²) in [6.45, 7) is 1.47. The number of sulfonamides is 1. The molecule has 0 aliphatic carbocycles. The van der Waals surface area contributed by atoms with Crippen molar-refractivity contribution >= 4 is 27.0 Å². The highest BCUT2D eigenvalue weighted by Crippen LogP contribution is 2.34. The first-order valence-electron chi connectivity index (χ1n) is 10.2. The molecule has 156 valence electrons. The van der Waals surface area contributed by atoms with E-state index in [2.05, 4.69) is 21.0 Å². The van der Waals surface area contributed by atoms with Crippen LogP contribution < -0.4 is 0 Å². The minimum atomic E-state index is -3.41. The van der Waals surface area contributed by atoms with Crippen molar-refractivity contribution in [1.82, 2.24) is 24.2 Å². The molecular formula is C21H23N5O3S. The van der Waals surface area contributed by atoms with Crippen LogP contribution >= 0.6 is 0 Å². The molecule has 0 radical (unpaired) electrons. The van der Waals surface area contributed by atoms with Crippen LogP contribution in [0.3, 0.4) is 0 Å². The minimum Gasteiger partial charge on any atom is -0.346 e. The SMILES string of the molecule is O=C(c1ccccn1)N1CC(S(=O)(=O)N2CCC(c3c[nH]c4ncccc34)CC2)C1. The van der Waals surface area contributed by atoms with E-state index in [0.717, 1.165) is 23.9 Å². The van der Waals surface area contributed by atoms with Gasteiger partial charge in [0, 0.05) is 50.2 Å². The fourth-order valence-electron chi connectivity index (χ4n) is 4.39. The van der Waals surface area contributed by atoms with Gasteiger partial charge < -0.3 is 9.88 Å². The zero-order valence-corrected chi connectivity index (χ0v) is 17.3. The van der Waals surface area contributed by atoms with Gasteiger partial charge in [0.1, 0.15) is 16.6 Å². The average Bonchev–Trinajstić information content (AvgIpc) is 3.17. The van der Waals surface area contributed by atoms with Crippen molar-refractivity contribution in [3.8, 4) is 0 Å². The molecule has 30 heavy (non-hydrogen) atoms. The van der Waals surface area contributed by atoms with Crippen LogP contribution in [0.2, 0.25) is 0 Å². The molecule has 8 nitrogen and oxygen atoms in total. The number of aromatic amines is 1. The molecule has 0 spiro atoms. The van der Waals surface area contributed by atoms with E-state index in [9.17, 15) is 13.2 Å². The van der Waals surface area contributed by atoms with Gasteiger partial charge in [-0.2, -0.15) is 0 Å². The Balaban J connectivity index is 1.21. The number of amides is 1. The second-order valence-corrected chi connectivity index (χ2v) is 10.1. The summed E-state index contributed by atoms with van der Waals surface area (Å²) in [5, 5.41) is 0.584. The molecule has 0 atom stereocenters. The molecule has 0 aromatic carbocycles. The lowest BCUT2D eigenvalue weighted by Gasteiger charge is -2.42. The van der Waals surface area contributed by atoms with E-state index in [1.807, 2.05) is 12.3 Å². The summed E-state index contributed by atoms with van der Waals surface area (Å²) >= 11 is 0. The standard InChI is InChI=1S/C21H23N5O3S/c27-21(19-5-1-2-8-22-19)25-13-16(14-25)30(28,29)26-10-6-15(7-11-26)18-12-24-20-17(18)4-3-9-23-20/h1-5,8-9,12,15-16H,6-7,10-11,13-14H2,(H,23,24). The van der Waals surface area contributed by atoms with Gasteiger partial charge in [-0.05, 0) is 48.6 Å². The van der Waals surface area contributed by atoms with E-state index < -0.39 is 15.3 Å². The predicted octanol–water partition coefficient (Wildman–Crippen LogP) is 1.99. The summed E-state index contributed by atoms with van der Waals surface area (Å²) in [6.07, 6.45) is 6.89. The number of H-pyrrole nitrogens is 1. The first-order valence-corrected chi connectivity index (χ1v) is 11.7. The molecule has 9 heteroatoms. The molecule has 2 aliphatic heterocycles. The molecule has 1 amide bonds. The zero-order valence-electron chi connectivity index (χ0n) is 16.4. The quantitative estimate of drug-likeness (QED) is 0.689. The maximum Gasteiger partial charge on any atom is 0.272 e. The monoisotopic (exact) mass is 425 g/mol. The van der Waals surface area contributed by atoms with Crippen LogP contribution in [-0.4, -0.2) is 69.9 Å². The second kappa shape index (κ2) is 7.48. The average molecular weight is 426 g/mol. The van der Waals surface area contributed by atoms with E-state index in [-0.39, 0.29) is 19.0 Å². The molecule has 0 unspecified atom stereocenters. The first kappa shape index (κ1) is 19.2. The molecule has 1 N–H and O–H groups in total. The van der Waals surface area contributed by atoms with E-state index in [1.165, 1.54) is 5.56 Å². The minimum absolute atomic E-state index is 0.214. The topological polar surface area (TPSA) is 99.3 Å². The van der Waals surface area contributed by atoms with E-state index in [4.69, 9.17) is 0 Å². The zero-order chi connectivity index (χ0) is 20.7. The lowest BCUT2D eigenvalue weighted by atomic mass is 9.90. The van der Waals surface area contributed by atoms with Crippen LogP contribution in [0.4, 0.5) is 0 Å². The maximum absolute atomic E-state index is 13.0. The van der Waals surface area contributed by atoms with Gasteiger partial charge in [-0.1, -0.05) is 6.07 Å². The molecule has 2 saturated heterocycles. The number of hydrogen-bond acceptors (Lipinski definition) is 5. The third-order valence-electron chi connectivity index (χ3n) is 6.18.